The van der Waals surface area contributed by atoms with Gasteiger partial charge in [-0.2, -0.15) is 0 Å². The Morgan fingerprint density at radius 2 is 1.90 bits per heavy atom. The minimum atomic E-state index is -3.11. The summed E-state index contributed by atoms with van der Waals surface area (Å²) in [4.78, 5) is 2.38. The molecule has 0 bridgehead atoms. The molecular formula is C14H31N3O2S. The molecular weight excluding hydrogens is 274 g/mol. The third kappa shape index (κ3) is 5.68. The second-order valence-electron chi connectivity index (χ2n) is 5.96. The maximum atomic E-state index is 12.3. The van der Waals surface area contributed by atoms with Crippen molar-refractivity contribution in [2.45, 2.75) is 52.1 Å². The normalized spacial score (nSPS) is 19.1. The van der Waals surface area contributed by atoms with E-state index in [4.69, 9.17) is 0 Å². The van der Waals surface area contributed by atoms with Gasteiger partial charge in [0.1, 0.15) is 0 Å². The summed E-state index contributed by atoms with van der Waals surface area (Å²) in [5.41, 5.74) is 0. The molecule has 0 aromatic heterocycles. The molecule has 0 amide bonds. The van der Waals surface area contributed by atoms with Crippen molar-refractivity contribution in [3.05, 3.63) is 0 Å². The quantitative estimate of drug-likeness (QED) is 0.683. The Bertz CT molecular complexity index is 363. The van der Waals surface area contributed by atoms with Crippen molar-refractivity contribution in [3.8, 4) is 0 Å². The van der Waals surface area contributed by atoms with E-state index in [0.29, 0.717) is 12.5 Å². The van der Waals surface area contributed by atoms with E-state index >= 15 is 0 Å². The third-order valence-corrected chi connectivity index (χ3v) is 6.07. The minimum absolute atomic E-state index is 0.181. The summed E-state index contributed by atoms with van der Waals surface area (Å²) in [6, 6.07) is 0.592. The van der Waals surface area contributed by atoms with Gasteiger partial charge in [-0.25, -0.2) is 12.7 Å². The van der Waals surface area contributed by atoms with Crippen LogP contribution in [0.4, 0.5) is 0 Å². The summed E-state index contributed by atoms with van der Waals surface area (Å²) in [5, 5.41) is 3.26. The van der Waals surface area contributed by atoms with Gasteiger partial charge in [0.05, 0.1) is 5.75 Å². The molecule has 20 heavy (non-hydrogen) atoms. The van der Waals surface area contributed by atoms with Gasteiger partial charge in [-0.05, 0) is 45.4 Å². The van der Waals surface area contributed by atoms with Crippen LogP contribution in [0.15, 0.2) is 0 Å². The van der Waals surface area contributed by atoms with E-state index in [-0.39, 0.29) is 11.8 Å². The summed E-state index contributed by atoms with van der Waals surface area (Å²) in [6.07, 6.45) is 2.58. The van der Waals surface area contributed by atoms with Crippen LogP contribution in [0.2, 0.25) is 0 Å². The molecule has 0 radical (unpaired) electrons. The molecule has 0 unspecified atom stereocenters. The standard InChI is InChI=1S/C14H31N3O2S/c1-5-17-10-7-14(8-11-17)16(4)20(18,19)12-6-9-15-13(2)3/h13-15H,5-12H2,1-4H3. The number of hydrogen-bond donors (Lipinski definition) is 1. The molecule has 0 spiro atoms. The van der Waals surface area contributed by atoms with Gasteiger partial charge in [-0.1, -0.05) is 20.8 Å². The molecule has 1 fully saturated rings. The van der Waals surface area contributed by atoms with Crippen LogP contribution in [0.3, 0.4) is 0 Å². The molecule has 0 atom stereocenters. The average molecular weight is 305 g/mol. The lowest BCUT2D eigenvalue weighted by atomic mass is 10.1. The highest BCUT2D eigenvalue weighted by Gasteiger charge is 2.28. The lowest BCUT2D eigenvalue weighted by molar-refractivity contribution is 0.176. The number of nitrogens with one attached hydrogen (secondary N) is 1. The van der Waals surface area contributed by atoms with Gasteiger partial charge >= 0.3 is 0 Å². The Labute approximate surface area is 124 Å². The molecule has 6 heteroatoms. The van der Waals surface area contributed by atoms with Crippen LogP contribution in [0.5, 0.6) is 0 Å². The first kappa shape index (κ1) is 17.9. The zero-order valence-electron chi connectivity index (χ0n) is 13.4. The van der Waals surface area contributed by atoms with Crippen molar-refractivity contribution in [2.75, 3.05) is 39.0 Å². The maximum Gasteiger partial charge on any atom is 0.214 e. The van der Waals surface area contributed by atoms with Gasteiger partial charge in [-0.15, -0.1) is 0 Å². The maximum absolute atomic E-state index is 12.3. The number of likely N-dealkylation sites (tertiary alicyclic amines) is 1. The predicted octanol–water partition coefficient (Wildman–Crippen LogP) is 1.12. The first-order chi connectivity index (χ1) is 9.36. The minimum Gasteiger partial charge on any atom is -0.314 e. The second-order valence-corrected chi connectivity index (χ2v) is 8.11. The highest BCUT2D eigenvalue weighted by Crippen LogP contribution is 2.18. The van der Waals surface area contributed by atoms with E-state index in [0.717, 1.165) is 39.0 Å². The third-order valence-electron chi connectivity index (χ3n) is 4.09. The highest BCUT2D eigenvalue weighted by atomic mass is 32.2. The number of hydrogen-bond acceptors (Lipinski definition) is 4. The fourth-order valence-electron chi connectivity index (χ4n) is 2.62. The predicted molar refractivity (Wildman–Crippen MR) is 84.4 cm³/mol. The van der Waals surface area contributed by atoms with Gasteiger partial charge in [0.25, 0.3) is 0 Å². The average Bonchev–Trinajstić information content (AvgIpc) is 2.43. The van der Waals surface area contributed by atoms with Crippen LogP contribution in [-0.2, 0) is 10.0 Å². The van der Waals surface area contributed by atoms with E-state index in [9.17, 15) is 8.42 Å². The molecule has 1 saturated heterocycles. The Hall–Kier alpha value is -0.170. The van der Waals surface area contributed by atoms with Crippen molar-refractivity contribution in [1.29, 1.82) is 0 Å². The molecule has 120 valence electrons. The Morgan fingerprint density at radius 1 is 1.30 bits per heavy atom. The lowest BCUT2D eigenvalue weighted by Crippen LogP contribution is -2.46. The molecule has 0 aromatic carbocycles. The van der Waals surface area contributed by atoms with Crippen LogP contribution >= 0.6 is 0 Å². The molecule has 0 aliphatic carbocycles. The molecule has 5 nitrogen and oxygen atoms in total. The van der Waals surface area contributed by atoms with Crippen LogP contribution in [0.25, 0.3) is 0 Å². The first-order valence-corrected chi connectivity index (χ1v) is 9.39. The number of nitrogens with zero attached hydrogens (tertiary/aromatic N) is 2. The van der Waals surface area contributed by atoms with E-state index in [1.54, 1.807) is 11.4 Å². The van der Waals surface area contributed by atoms with E-state index in [2.05, 4.69) is 31.0 Å². The summed E-state index contributed by atoms with van der Waals surface area (Å²) < 4.78 is 26.2. The lowest BCUT2D eigenvalue weighted by Gasteiger charge is -2.35. The summed E-state index contributed by atoms with van der Waals surface area (Å²) >= 11 is 0. The van der Waals surface area contributed by atoms with Gasteiger partial charge in [0.15, 0.2) is 0 Å². The van der Waals surface area contributed by atoms with Gasteiger partial charge in [-0.3, -0.25) is 0 Å². The number of piperidine rings is 1. The number of sulfonamides is 1. The van der Waals surface area contributed by atoms with Gasteiger partial charge < -0.3 is 10.2 Å². The highest BCUT2D eigenvalue weighted by molar-refractivity contribution is 7.89. The first-order valence-electron chi connectivity index (χ1n) is 7.78. The van der Waals surface area contributed by atoms with Crippen LogP contribution in [0, 0.1) is 0 Å². The van der Waals surface area contributed by atoms with E-state index in [1.165, 1.54) is 0 Å². The second kappa shape index (κ2) is 8.32. The van der Waals surface area contributed by atoms with Gasteiger partial charge in [0.2, 0.25) is 10.0 Å². The van der Waals surface area contributed by atoms with Crippen LogP contribution in [-0.4, -0.2) is 68.7 Å². The Balaban J connectivity index is 2.38. The van der Waals surface area contributed by atoms with E-state index in [1.807, 2.05) is 0 Å². The summed E-state index contributed by atoms with van der Waals surface area (Å²) in [7, 11) is -1.36. The molecule has 1 aliphatic heterocycles. The smallest absolute Gasteiger partial charge is 0.214 e. The fraction of sp³-hybridized carbons (Fsp3) is 1.00. The SMILES string of the molecule is CCN1CCC(N(C)S(=O)(=O)CCCNC(C)C)CC1. The zero-order valence-corrected chi connectivity index (χ0v) is 14.2. The van der Waals surface area contributed by atoms with Crippen molar-refractivity contribution in [2.24, 2.45) is 0 Å². The molecule has 0 aromatic rings. The zero-order chi connectivity index (χ0) is 15.2. The Kier molecular flexibility index (Phi) is 7.43. The molecule has 0 saturated carbocycles. The number of rotatable bonds is 8. The monoisotopic (exact) mass is 305 g/mol. The Morgan fingerprint density at radius 3 is 2.40 bits per heavy atom. The molecule has 1 heterocycles. The van der Waals surface area contributed by atoms with Crippen molar-refractivity contribution < 1.29 is 8.42 Å². The molecule has 1 aliphatic rings. The van der Waals surface area contributed by atoms with Crippen molar-refractivity contribution in [1.82, 2.24) is 14.5 Å². The topological polar surface area (TPSA) is 52.7 Å². The largest absolute Gasteiger partial charge is 0.314 e. The van der Waals surface area contributed by atoms with Gasteiger partial charge in [0, 0.05) is 19.1 Å². The van der Waals surface area contributed by atoms with Crippen molar-refractivity contribution >= 4 is 10.0 Å². The molecule has 1 rings (SSSR count). The van der Waals surface area contributed by atoms with Crippen molar-refractivity contribution in [3.63, 3.8) is 0 Å². The molecule has 1 N–H and O–H groups in total. The van der Waals surface area contributed by atoms with Crippen LogP contribution in [0.1, 0.15) is 40.0 Å². The fourth-order valence-corrected chi connectivity index (χ4v) is 4.08. The summed E-state index contributed by atoms with van der Waals surface area (Å²) in [6.45, 7) is 10.1. The van der Waals surface area contributed by atoms with E-state index < -0.39 is 10.0 Å². The van der Waals surface area contributed by atoms with Crippen LogP contribution < -0.4 is 5.32 Å². The summed E-state index contributed by atoms with van der Waals surface area (Å²) in [5.74, 6) is 0.247.